The lowest BCUT2D eigenvalue weighted by Crippen LogP contribution is -2.35. The largest absolute Gasteiger partial charge is 0.503 e. The highest BCUT2D eigenvalue weighted by Crippen LogP contribution is 2.29. The topological polar surface area (TPSA) is 273 Å². The quantitative estimate of drug-likeness (QED) is 0.0620. The van der Waals surface area contributed by atoms with Gasteiger partial charge in [0.15, 0.2) is 34.5 Å². The Morgan fingerprint density at radius 1 is 0.288 bits per heavy atom. The zero-order chi connectivity index (χ0) is 89.0. The van der Waals surface area contributed by atoms with E-state index < -0.39 is 34.1 Å². The molecule has 18 rings (SSSR count). The fraction of sp³-hybridized carbons (Fsp3) is 0.305. The van der Waals surface area contributed by atoms with Crippen molar-refractivity contribution in [2.24, 2.45) is 0 Å². The van der Waals surface area contributed by atoms with E-state index in [4.69, 9.17) is 23.2 Å². The van der Waals surface area contributed by atoms with Crippen molar-refractivity contribution in [1.29, 1.82) is 0 Å². The summed E-state index contributed by atoms with van der Waals surface area (Å²) in [7, 11) is 0. The number of aromatic nitrogens is 6. The molecule has 6 aliphatic heterocycles. The van der Waals surface area contributed by atoms with Gasteiger partial charge in [-0.05, 0) is 121 Å². The predicted octanol–water partition coefficient (Wildman–Crippen LogP) is 12.8. The molecule has 24 nitrogen and oxygen atoms in total. The highest BCUT2D eigenvalue weighted by molar-refractivity contribution is 6.35. The van der Waals surface area contributed by atoms with Crippen LogP contribution in [-0.2, 0) is 118 Å². The number of rotatable bonds is 12. The average Bonchev–Trinajstić information content (AvgIpc) is 0.833. The average molecular weight is 1750 g/mol. The van der Waals surface area contributed by atoms with E-state index in [2.05, 4.69) is 109 Å². The second-order valence-corrected chi connectivity index (χ2v) is 33.3. The van der Waals surface area contributed by atoms with E-state index in [9.17, 15) is 77.0 Å². The molecule has 0 aliphatic carbocycles. The molecular weight excluding hydrogens is 1650 g/mol. The van der Waals surface area contributed by atoms with E-state index in [0.717, 1.165) is 137 Å². The van der Waals surface area contributed by atoms with Crippen molar-refractivity contribution < 1.29 is 48.2 Å². The van der Waals surface area contributed by atoms with Crippen LogP contribution in [0.5, 0.6) is 34.5 Å². The Hall–Kier alpha value is -12.1. The van der Waals surface area contributed by atoms with Gasteiger partial charge in [0.05, 0.1) is 37.2 Å². The summed E-state index contributed by atoms with van der Waals surface area (Å²) in [6.07, 6.45) is 8.98. The molecule has 0 spiro atoms. The minimum absolute atomic E-state index is 0.0343. The third kappa shape index (κ3) is 23.7. The number of hydrogen-bond donors (Lipinski definition) is 6. The van der Waals surface area contributed by atoms with Crippen LogP contribution >= 0.6 is 23.2 Å². The van der Waals surface area contributed by atoms with Crippen molar-refractivity contribution in [2.45, 2.75) is 152 Å². The smallest absolute Gasteiger partial charge is 0.223 e. The van der Waals surface area contributed by atoms with Crippen molar-refractivity contribution >= 4 is 23.2 Å². The van der Waals surface area contributed by atoms with Crippen molar-refractivity contribution in [2.75, 3.05) is 39.3 Å². The van der Waals surface area contributed by atoms with Crippen LogP contribution < -0.4 is 32.6 Å². The zero-order valence-corrected chi connectivity index (χ0v) is 71.6. The van der Waals surface area contributed by atoms with Gasteiger partial charge in [-0.1, -0.05) is 102 Å². The normalized spacial score (nSPS) is 15.0. The molecule has 6 aromatic carbocycles. The first kappa shape index (κ1) is 90.6. The van der Waals surface area contributed by atoms with Crippen LogP contribution in [0.1, 0.15) is 95.4 Å². The fourth-order valence-electron chi connectivity index (χ4n) is 16.2. The first-order valence-electron chi connectivity index (χ1n) is 41.1. The second-order valence-electron chi connectivity index (χ2n) is 32.5. The number of aromatic hydroxyl groups is 6. The first-order chi connectivity index (χ1) is 59.8. The van der Waals surface area contributed by atoms with Crippen LogP contribution in [0.4, 0.5) is 17.6 Å². The summed E-state index contributed by atoms with van der Waals surface area (Å²) in [5, 5.41) is 58.0. The van der Waals surface area contributed by atoms with Crippen molar-refractivity contribution in [3.05, 3.63) is 379 Å². The summed E-state index contributed by atoms with van der Waals surface area (Å²) in [6.45, 7) is 27.5. The van der Waals surface area contributed by atoms with Crippen LogP contribution in [0.15, 0.2) is 218 Å². The number of aryl methyl sites for hydroxylation is 5. The lowest BCUT2D eigenvalue weighted by molar-refractivity contribution is 0.204. The Morgan fingerprint density at radius 2 is 0.600 bits per heavy atom. The molecule has 6 aliphatic rings. The van der Waals surface area contributed by atoms with E-state index in [1.807, 2.05) is 50.8 Å². The van der Waals surface area contributed by atoms with Crippen LogP contribution in [0.25, 0.3) is 0 Å². The van der Waals surface area contributed by atoms with Crippen LogP contribution in [0.3, 0.4) is 0 Å². The third-order valence-corrected chi connectivity index (χ3v) is 23.8. The molecule has 0 radical (unpaired) electrons. The van der Waals surface area contributed by atoms with Crippen LogP contribution in [-0.4, -0.2) is 127 Å². The van der Waals surface area contributed by atoms with Gasteiger partial charge >= 0.3 is 0 Å². The monoisotopic (exact) mass is 1750 g/mol. The number of fused-ring (bicyclic) bond motifs is 6. The molecule has 0 unspecified atom stereocenters. The molecule has 654 valence electrons. The number of nitrogens with zero attached hydrogens (tertiary/aromatic N) is 12. The molecule has 6 N–H and O–H groups in total. The third-order valence-electron chi connectivity index (χ3n) is 23.2. The number of halogens is 6. The predicted molar refractivity (Wildman–Crippen MR) is 471 cm³/mol. The van der Waals surface area contributed by atoms with Gasteiger partial charge in [-0.25, -0.2) is 17.6 Å². The van der Waals surface area contributed by atoms with E-state index in [1.165, 1.54) is 112 Å². The zero-order valence-electron chi connectivity index (χ0n) is 70.1. The highest BCUT2D eigenvalue weighted by atomic mass is 35.5. The maximum atomic E-state index is 13.7. The highest BCUT2D eigenvalue weighted by Gasteiger charge is 2.26. The van der Waals surface area contributed by atoms with Crippen molar-refractivity contribution in [3.63, 3.8) is 0 Å². The summed E-state index contributed by atoms with van der Waals surface area (Å²) in [5.41, 5.74) is 15.3. The van der Waals surface area contributed by atoms with E-state index in [1.54, 1.807) is 47.4 Å². The number of pyridine rings is 6. The van der Waals surface area contributed by atoms with Crippen LogP contribution in [0, 0.1) is 57.9 Å². The van der Waals surface area contributed by atoms with Gasteiger partial charge in [0.2, 0.25) is 32.6 Å². The summed E-state index contributed by atoms with van der Waals surface area (Å²) in [6, 6.07) is 42.9. The Labute approximate surface area is 729 Å². The van der Waals surface area contributed by atoms with E-state index >= 15 is 0 Å². The summed E-state index contributed by atoms with van der Waals surface area (Å²) in [5.74, 6) is -3.57. The minimum Gasteiger partial charge on any atom is -0.503 e. The molecule has 125 heavy (non-hydrogen) atoms. The molecule has 0 atom stereocenters. The maximum absolute atomic E-state index is 13.7. The van der Waals surface area contributed by atoms with Gasteiger partial charge in [-0.3, -0.25) is 58.2 Å². The molecule has 12 aromatic rings. The number of benzene rings is 6. The van der Waals surface area contributed by atoms with Gasteiger partial charge < -0.3 is 58.0 Å². The standard InChI is InChI=1S/2C17H20N2O2.C16H18N2O2.C15H14Cl2N2O2.2C15H14F2N2O2/c1-12-3-4-13(2)14(7-12)9-18-5-6-19-11-17(21)16(20)8-15(19)10-18;1-12-4-3-5-13(2)15(12)10-18-6-7-19-11-17(21)16(20)8-14(19)9-18;1-12-4-2-3-5-13(12)9-17-6-7-18-11-16(20)15(19)8-14(18)10-17;16-11-2-1-10(13(17)5-11)7-18-3-4-19-9-15(21)14(20)6-12(19)8-18;16-11-3-10(4-12(17)5-11)7-18-1-2-19-9-15(21)14(20)6-13(19)8-18;16-12-2-1-3-13(17)11(12)8-18-4-5-19-9-15(21)14(20)6-10(19)7-18/h3-4,7-8,11,21H,5-6,9-10H2,1-2H3;3-5,8,11,21H,6-7,9-10H2,1-2H3;2-5,8,11,20H,6-7,9-10H2,1H3;1-2,5-6,9,21H,3-4,7-8H2;3-6,9,21H,1-2,7-8H2;1-3,6,9,21H,4-5,7-8H2. The molecule has 0 saturated heterocycles. The molecule has 0 saturated carbocycles. The molecule has 6 aromatic heterocycles. The SMILES string of the molecule is Cc1ccc(C)c(CN2CCn3cc(O)c(=O)cc3C2)c1.Cc1cccc(C)c1CN1CCn2cc(O)c(=O)cc2C1.Cc1ccccc1CN1CCn2cc(O)c(=O)cc2C1.O=c1cc2n(cc1O)CCN(Cc1c(F)cccc1F)C2.O=c1cc2n(cc1O)CCN(Cc1cc(F)cc(F)c1)C2.O=c1cc2n(cc1O)CCN(Cc1ccc(Cl)cc1Cl)C2. The Morgan fingerprint density at radius 3 is 0.968 bits per heavy atom. The van der Waals surface area contributed by atoms with Gasteiger partial charge in [0.25, 0.3) is 0 Å². The fourth-order valence-corrected chi connectivity index (χ4v) is 16.6. The Bertz CT molecular complexity index is 6170. The Balaban J connectivity index is 0.000000129. The Kier molecular flexibility index (Phi) is 29.5. The second kappa shape index (κ2) is 40.7. The van der Waals surface area contributed by atoms with Crippen molar-refractivity contribution in [1.82, 2.24) is 56.8 Å². The number of hydrogen-bond acceptors (Lipinski definition) is 18. The molecule has 0 bridgehead atoms. The van der Waals surface area contributed by atoms with Gasteiger partial charge in [-0.15, -0.1) is 0 Å². The van der Waals surface area contributed by atoms with E-state index in [0.29, 0.717) is 74.5 Å². The van der Waals surface area contributed by atoms with Gasteiger partial charge in [0.1, 0.15) is 23.3 Å². The molecule has 0 fully saturated rings. The first-order valence-corrected chi connectivity index (χ1v) is 41.9. The van der Waals surface area contributed by atoms with Crippen LogP contribution in [0.2, 0.25) is 10.0 Å². The van der Waals surface area contributed by atoms with Gasteiger partial charge in [-0.2, -0.15) is 0 Å². The van der Waals surface area contributed by atoms with Gasteiger partial charge in [0, 0.05) is 249 Å². The summed E-state index contributed by atoms with van der Waals surface area (Å²) < 4.78 is 65.1. The maximum Gasteiger partial charge on any atom is 0.223 e. The summed E-state index contributed by atoms with van der Waals surface area (Å²) in [4.78, 5) is 82.2. The lowest BCUT2D eigenvalue weighted by Gasteiger charge is -2.31. The summed E-state index contributed by atoms with van der Waals surface area (Å²) >= 11 is 12.1. The minimum atomic E-state index is -0.594. The molecule has 12 heterocycles. The lowest BCUT2D eigenvalue weighted by atomic mass is 10.0. The molecule has 0 amide bonds. The van der Waals surface area contributed by atoms with Crippen molar-refractivity contribution in [3.8, 4) is 34.5 Å². The molecular formula is C95H100Cl2F4N12O12. The van der Waals surface area contributed by atoms with E-state index in [-0.39, 0.29) is 68.3 Å². The molecule has 30 heteroatoms.